The van der Waals surface area contributed by atoms with Crippen molar-refractivity contribution in [3.63, 3.8) is 0 Å². The molecule has 152 valence electrons. The van der Waals surface area contributed by atoms with Crippen LogP contribution in [0, 0.1) is 13.8 Å². The Balaban J connectivity index is 2.31. The molecule has 1 N–H and O–H groups in total. The average molecular weight is 386 g/mol. The lowest BCUT2D eigenvalue weighted by Gasteiger charge is -2.12. The van der Waals surface area contributed by atoms with Crippen molar-refractivity contribution < 1.29 is 19.1 Å². The van der Waals surface area contributed by atoms with Gasteiger partial charge in [0.25, 0.3) is 5.91 Å². The van der Waals surface area contributed by atoms with Crippen LogP contribution in [0.25, 0.3) is 0 Å². The van der Waals surface area contributed by atoms with Gasteiger partial charge in [0.15, 0.2) is 0 Å². The highest BCUT2D eigenvalue weighted by Crippen LogP contribution is 2.24. The maximum Gasteiger partial charge on any atom is 0.355 e. The fraction of sp³-hybridized carbons (Fsp3) is 0.455. The van der Waals surface area contributed by atoms with Crippen molar-refractivity contribution in [2.24, 2.45) is 0 Å². The minimum absolute atomic E-state index is 0.177. The Bertz CT molecular complexity index is 797. The zero-order valence-corrected chi connectivity index (χ0v) is 17.2. The third-order valence-corrected chi connectivity index (χ3v) is 4.60. The van der Waals surface area contributed by atoms with Gasteiger partial charge in [-0.25, -0.2) is 4.79 Å². The normalized spacial score (nSPS) is 10.7. The van der Waals surface area contributed by atoms with E-state index in [1.54, 1.807) is 13.8 Å². The van der Waals surface area contributed by atoms with Crippen molar-refractivity contribution in [1.82, 2.24) is 9.88 Å². The SMILES string of the molecule is CCOCCCNC(=O)c1c(C)c(C(=O)OCC)n(Cc2ccccc2)c1C. The highest BCUT2D eigenvalue weighted by Gasteiger charge is 2.27. The number of amides is 1. The summed E-state index contributed by atoms with van der Waals surface area (Å²) >= 11 is 0. The summed E-state index contributed by atoms with van der Waals surface area (Å²) in [6.07, 6.45) is 0.743. The highest BCUT2D eigenvalue weighted by molar-refractivity contribution is 6.01. The van der Waals surface area contributed by atoms with Gasteiger partial charge in [0, 0.05) is 32.0 Å². The molecule has 0 saturated carbocycles. The summed E-state index contributed by atoms with van der Waals surface area (Å²) in [5.41, 5.74) is 3.42. The number of rotatable bonds is 10. The monoisotopic (exact) mass is 386 g/mol. The first-order valence-corrected chi connectivity index (χ1v) is 9.77. The van der Waals surface area contributed by atoms with Crippen LogP contribution in [-0.2, 0) is 16.0 Å². The molecule has 6 heteroatoms. The van der Waals surface area contributed by atoms with E-state index < -0.39 is 5.97 Å². The molecular formula is C22H30N2O4. The van der Waals surface area contributed by atoms with Gasteiger partial charge in [-0.15, -0.1) is 0 Å². The van der Waals surface area contributed by atoms with Crippen LogP contribution in [0.1, 0.15) is 57.9 Å². The molecule has 0 aliphatic carbocycles. The zero-order chi connectivity index (χ0) is 20.5. The lowest BCUT2D eigenvalue weighted by atomic mass is 10.1. The second-order valence-electron chi connectivity index (χ2n) is 6.53. The molecule has 0 aliphatic heterocycles. The smallest absolute Gasteiger partial charge is 0.355 e. The Morgan fingerprint density at radius 3 is 2.43 bits per heavy atom. The molecule has 0 aliphatic rings. The van der Waals surface area contributed by atoms with E-state index in [4.69, 9.17) is 9.47 Å². The van der Waals surface area contributed by atoms with Crippen molar-refractivity contribution in [1.29, 1.82) is 0 Å². The first-order chi connectivity index (χ1) is 13.5. The second-order valence-corrected chi connectivity index (χ2v) is 6.53. The van der Waals surface area contributed by atoms with E-state index in [1.807, 2.05) is 48.7 Å². The van der Waals surface area contributed by atoms with Gasteiger partial charge in [-0.3, -0.25) is 4.79 Å². The van der Waals surface area contributed by atoms with Gasteiger partial charge in [0.2, 0.25) is 0 Å². The molecule has 1 aromatic carbocycles. The van der Waals surface area contributed by atoms with Crippen LogP contribution < -0.4 is 5.32 Å². The van der Waals surface area contributed by atoms with Gasteiger partial charge >= 0.3 is 5.97 Å². The van der Waals surface area contributed by atoms with E-state index >= 15 is 0 Å². The number of ether oxygens (including phenoxy) is 2. The van der Waals surface area contributed by atoms with Crippen LogP contribution in [0.2, 0.25) is 0 Å². The molecule has 2 rings (SSSR count). The van der Waals surface area contributed by atoms with Crippen LogP contribution in [0.4, 0.5) is 0 Å². The molecule has 1 heterocycles. The van der Waals surface area contributed by atoms with Crippen molar-refractivity contribution in [3.8, 4) is 0 Å². The Hall–Kier alpha value is -2.60. The van der Waals surface area contributed by atoms with Crippen molar-refractivity contribution in [3.05, 3.63) is 58.4 Å². The van der Waals surface area contributed by atoms with E-state index in [2.05, 4.69) is 5.32 Å². The molecule has 28 heavy (non-hydrogen) atoms. The van der Waals surface area contributed by atoms with Crippen LogP contribution in [0.5, 0.6) is 0 Å². The van der Waals surface area contributed by atoms with E-state index in [1.165, 1.54) is 0 Å². The molecule has 0 spiro atoms. The molecule has 0 atom stereocenters. The average Bonchev–Trinajstić information content (AvgIpc) is 2.92. The first-order valence-electron chi connectivity index (χ1n) is 9.77. The molecule has 0 bridgehead atoms. The number of esters is 1. The van der Waals surface area contributed by atoms with Crippen LogP contribution >= 0.6 is 0 Å². The van der Waals surface area contributed by atoms with Gasteiger partial charge in [-0.1, -0.05) is 30.3 Å². The zero-order valence-electron chi connectivity index (χ0n) is 17.2. The molecular weight excluding hydrogens is 356 g/mol. The fourth-order valence-corrected chi connectivity index (χ4v) is 3.26. The molecule has 0 unspecified atom stereocenters. The third kappa shape index (κ3) is 5.23. The van der Waals surface area contributed by atoms with Crippen LogP contribution in [0.3, 0.4) is 0 Å². The van der Waals surface area contributed by atoms with Gasteiger partial charge < -0.3 is 19.4 Å². The Morgan fingerprint density at radius 1 is 1.07 bits per heavy atom. The highest BCUT2D eigenvalue weighted by atomic mass is 16.5. The van der Waals surface area contributed by atoms with Gasteiger partial charge in [-0.05, 0) is 45.2 Å². The number of carbonyl (C=O) groups excluding carboxylic acids is 2. The number of aromatic nitrogens is 1. The number of carbonyl (C=O) groups is 2. The predicted molar refractivity (Wildman–Crippen MR) is 109 cm³/mol. The third-order valence-electron chi connectivity index (χ3n) is 4.60. The maximum atomic E-state index is 12.8. The van der Waals surface area contributed by atoms with E-state index in [0.29, 0.717) is 43.1 Å². The summed E-state index contributed by atoms with van der Waals surface area (Å²) in [4.78, 5) is 25.4. The Kier molecular flexibility index (Phi) is 8.26. The van der Waals surface area contributed by atoms with Gasteiger partial charge in [0.05, 0.1) is 12.2 Å². The molecule has 1 amide bonds. The number of nitrogens with one attached hydrogen (secondary N) is 1. The summed E-state index contributed by atoms with van der Waals surface area (Å²) in [6, 6.07) is 9.85. The Labute approximate surface area is 166 Å². The topological polar surface area (TPSA) is 69.6 Å². The Morgan fingerprint density at radius 2 is 1.79 bits per heavy atom. The van der Waals surface area contributed by atoms with Crippen LogP contribution in [0.15, 0.2) is 30.3 Å². The minimum atomic E-state index is -0.408. The van der Waals surface area contributed by atoms with Gasteiger partial charge in [0.1, 0.15) is 5.69 Å². The summed E-state index contributed by atoms with van der Waals surface area (Å²) in [5.74, 6) is -0.585. The lowest BCUT2D eigenvalue weighted by Crippen LogP contribution is -2.26. The number of hydrogen-bond donors (Lipinski definition) is 1. The number of nitrogens with zero attached hydrogens (tertiary/aromatic N) is 1. The molecule has 0 fully saturated rings. The summed E-state index contributed by atoms with van der Waals surface area (Å²) < 4.78 is 12.4. The van der Waals surface area contributed by atoms with E-state index in [9.17, 15) is 9.59 Å². The van der Waals surface area contributed by atoms with Crippen molar-refractivity contribution in [2.75, 3.05) is 26.4 Å². The number of hydrogen-bond acceptors (Lipinski definition) is 4. The van der Waals surface area contributed by atoms with E-state index in [0.717, 1.165) is 17.7 Å². The van der Waals surface area contributed by atoms with Crippen molar-refractivity contribution >= 4 is 11.9 Å². The standard InChI is InChI=1S/C22H30N2O4/c1-5-27-14-10-13-23-21(25)19-16(3)20(22(26)28-6-2)24(17(19)4)15-18-11-8-7-9-12-18/h7-9,11-12H,5-6,10,13-15H2,1-4H3,(H,23,25). The lowest BCUT2D eigenvalue weighted by molar-refractivity contribution is 0.0513. The second kappa shape index (κ2) is 10.7. The largest absolute Gasteiger partial charge is 0.461 e. The quantitative estimate of drug-likeness (QED) is 0.501. The van der Waals surface area contributed by atoms with Gasteiger partial charge in [-0.2, -0.15) is 0 Å². The molecule has 2 aromatic rings. The summed E-state index contributed by atoms with van der Waals surface area (Å²) in [6.45, 7) is 9.97. The van der Waals surface area contributed by atoms with Crippen molar-refractivity contribution in [2.45, 2.75) is 40.7 Å². The predicted octanol–water partition coefficient (Wildman–Crippen LogP) is 3.49. The summed E-state index contributed by atoms with van der Waals surface area (Å²) in [7, 11) is 0. The maximum absolute atomic E-state index is 12.8. The molecule has 6 nitrogen and oxygen atoms in total. The minimum Gasteiger partial charge on any atom is -0.461 e. The van der Waals surface area contributed by atoms with E-state index in [-0.39, 0.29) is 12.5 Å². The summed E-state index contributed by atoms with van der Waals surface area (Å²) in [5, 5.41) is 2.93. The number of benzene rings is 1. The first kappa shape index (κ1) is 21.7. The van der Waals surface area contributed by atoms with Crippen LogP contribution in [-0.4, -0.2) is 42.8 Å². The fourth-order valence-electron chi connectivity index (χ4n) is 3.26. The molecule has 0 saturated heterocycles. The molecule has 1 aromatic heterocycles. The molecule has 0 radical (unpaired) electrons.